The zero-order valence-corrected chi connectivity index (χ0v) is 13.1. The summed E-state index contributed by atoms with van der Waals surface area (Å²) in [6.45, 7) is 0.311. The van der Waals surface area contributed by atoms with Crippen LogP contribution in [0.2, 0.25) is 0 Å². The van der Waals surface area contributed by atoms with Crippen molar-refractivity contribution in [3.05, 3.63) is 29.1 Å². The molecule has 1 aromatic carbocycles. The van der Waals surface area contributed by atoms with Crippen LogP contribution in [-0.2, 0) is 9.59 Å². The fraction of sp³-hybridized carbons (Fsp3) is 0.294. The molecule has 2 aliphatic rings. The summed E-state index contributed by atoms with van der Waals surface area (Å²) < 4.78 is 14.1. The standard InChI is InChI=1S/C17H14FN3O4/c1-2-3-6-19-12-8-10-9(7-11(12)18)16(24)21(17(10)25)13-4-5-14(22)20-15(13)23/h1,7-8,13,19H,3-6H2,(H,20,22,23). The summed E-state index contributed by atoms with van der Waals surface area (Å²) in [6, 6.07) is 1.14. The third-order valence-electron chi connectivity index (χ3n) is 4.11. The van der Waals surface area contributed by atoms with Crippen LogP contribution in [0, 0.1) is 18.2 Å². The number of carbonyl (C=O) groups is 4. The van der Waals surface area contributed by atoms with Crippen LogP contribution in [0.15, 0.2) is 12.1 Å². The number of nitrogens with zero attached hydrogens (tertiary/aromatic N) is 1. The number of piperidine rings is 1. The first kappa shape index (κ1) is 16.6. The molecule has 8 heteroatoms. The molecule has 2 aliphatic heterocycles. The minimum absolute atomic E-state index is 0.0132. The summed E-state index contributed by atoms with van der Waals surface area (Å²) in [5.41, 5.74) is -0.0331. The zero-order chi connectivity index (χ0) is 18.1. The summed E-state index contributed by atoms with van der Waals surface area (Å²) in [4.78, 5) is 49.1. The van der Waals surface area contributed by atoms with Crippen molar-refractivity contribution < 1.29 is 23.6 Å². The zero-order valence-electron chi connectivity index (χ0n) is 13.1. The van der Waals surface area contributed by atoms with Crippen molar-refractivity contribution in [3.8, 4) is 12.3 Å². The first-order valence-corrected chi connectivity index (χ1v) is 7.66. The van der Waals surface area contributed by atoms with Crippen LogP contribution in [0.3, 0.4) is 0 Å². The van der Waals surface area contributed by atoms with Gasteiger partial charge < -0.3 is 5.32 Å². The molecule has 0 saturated carbocycles. The molecule has 0 aromatic heterocycles. The maximum absolute atomic E-state index is 14.1. The second-order valence-corrected chi connectivity index (χ2v) is 5.71. The number of imide groups is 2. The van der Waals surface area contributed by atoms with Gasteiger partial charge >= 0.3 is 0 Å². The van der Waals surface area contributed by atoms with Gasteiger partial charge in [-0.2, -0.15) is 0 Å². The molecule has 2 heterocycles. The highest BCUT2D eigenvalue weighted by molar-refractivity contribution is 6.23. The molecule has 3 rings (SSSR count). The molecule has 25 heavy (non-hydrogen) atoms. The SMILES string of the molecule is C#CCCNc1cc2c(cc1F)C(=O)N(C1CCC(=O)NC1=O)C2=O. The molecule has 1 saturated heterocycles. The second-order valence-electron chi connectivity index (χ2n) is 5.71. The predicted molar refractivity (Wildman–Crippen MR) is 85.0 cm³/mol. The third kappa shape index (κ3) is 2.85. The maximum atomic E-state index is 14.1. The normalized spacial score (nSPS) is 19.5. The summed E-state index contributed by atoms with van der Waals surface area (Å²) in [5, 5.41) is 4.87. The van der Waals surface area contributed by atoms with Crippen molar-refractivity contribution in [2.75, 3.05) is 11.9 Å². The Morgan fingerprint density at radius 2 is 1.92 bits per heavy atom. The summed E-state index contributed by atoms with van der Waals surface area (Å²) in [6.07, 6.45) is 5.57. The molecule has 0 radical (unpaired) electrons. The number of amides is 4. The second kappa shape index (κ2) is 6.36. The Bertz CT molecular complexity index is 843. The highest BCUT2D eigenvalue weighted by Crippen LogP contribution is 2.31. The summed E-state index contributed by atoms with van der Waals surface area (Å²) in [5.74, 6) is -0.891. The van der Waals surface area contributed by atoms with Gasteiger partial charge in [-0.15, -0.1) is 12.3 Å². The first-order valence-electron chi connectivity index (χ1n) is 7.66. The van der Waals surface area contributed by atoms with Crippen LogP contribution < -0.4 is 10.6 Å². The van der Waals surface area contributed by atoms with Crippen LogP contribution in [-0.4, -0.2) is 41.1 Å². The molecule has 0 aliphatic carbocycles. The lowest BCUT2D eigenvalue weighted by Crippen LogP contribution is -2.54. The van der Waals surface area contributed by atoms with E-state index in [0.717, 1.165) is 11.0 Å². The smallest absolute Gasteiger partial charge is 0.262 e. The van der Waals surface area contributed by atoms with E-state index in [4.69, 9.17) is 6.42 Å². The Morgan fingerprint density at radius 3 is 2.56 bits per heavy atom. The van der Waals surface area contributed by atoms with Gasteiger partial charge in [-0.3, -0.25) is 29.4 Å². The molecule has 2 N–H and O–H groups in total. The lowest BCUT2D eigenvalue weighted by Gasteiger charge is -2.27. The van der Waals surface area contributed by atoms with Crippen molar-refractivity contribution in [1.29, 1.82) is 0 Å². The highest BCUT2D eigenvalue weighted by Gasteiger charge is 2.45. The predicted octanol–water partition coefficient (Wildman–Crippen LogP) is 0.662. The van der Waals surface area contributed by atoms with Crippen molar-refractivity contribution >= 4 is 29.3 Å². The number of nitrogens with one attached hydrogen (secondary N) is 2. The summed E-state index contributed by atoms with van der Waals surface area (Å²) in [7, 11) is 0. The van der Waals surface area contributed by atoms with E-state index in [9.17, 15) is 23.6 Å². The molecule has 0 spiro atoms. The summed E-state index contributed by atoms with van der Waals surface area (Å²) >= 11 is 0. The van der Waals surface area contributed by atoms with Crippen LogP contribution in [0.25, 0.3) is 0 Å². The fourth-order valence-electron chi connectivity index (χ4n) is 2.90. The molecule has 1 aromatic rings. The number of anilines is 1. The Kier molecular flexibility index (Phi) is 4.23. The fourth-order valence-corrected chi connectivity index (χ4v) is 2.90. The molecule has 4 amide bonds. The third-order valence-corrected chi connectivity index (χ3v) is 4.11. The van der Waals surface area contributed by atoms with Crippen molar-refractivity contribution in [3.63, 3.8) is 0 Å². The topological polar surface area (TPSA) is 95.6 Å². The van der Waals surface area contributed by atoms with Crippen LogP contribution in [0.5, 0.6) is 0 Å². The average Bonchev–Trinajstić information content (AvgIpc) is 2.79. The quantitative estimate of drug-likeness (QED) is 0.476. The number of hydrogen-bond acceptors (Lipinski definition) is 5. The highest BCUT2D eigenvalue weighted by atomic mass is 19.1. The van der Waals surface area contributed by atoms with E-state index in [1.807, 2.05) is 0 Å². The lowest BCUT2D eigenvalue weighted by molar-refractivity contribution is -0.136. The van der Waals surface area contributed by atoms with Gasteiger partial charge in [0.25, 0.3) is 11.8 Å². The van der Waals surface area contributed by atoms with Gasteiger partial charge in [-0.25, -0.2) is 4.39 Å². The molecule has 1 atom stereocenters. The van der Waals surface area contributed by atoms with E-state index in [0.29, 0.717) is 13.0 Å². The van der Waals surface area contributed by atoms with E-state index >= 15 is 0 Å². The van der Waals surface area contributed by atoms with E-state index in [1.165, 1.54) is 6.07 Å². The van der Waals surface area contributed by atoms with Crippen molar-refractivity contribution in [1.82, 2.24) is 10.2 Å². The molecule has 0 bridgehead atoms. The lowest BCUT2D eigenvalue weighted by atomic mass is 10.0. The van der Waals surface area contributed by atoms with Gasteiger partial charge in [0.15, 0.2) is 0 Å². The van der Waals surface area contributed by atoms with Gasteiger partial charge in [-0.1, -0.05) is 0 Å². The number of fused-ring (bicyclic) bond motifs is 1. The van der Waals surface area contributed by atoms with Gasteiger partial charge in [-0.05, 0) is 18.6 Å². The largest absolute Gasteiger partial charge is 0.382 e. The molecule has 1 unspecified atom stereocenters. The average molecular weight is 343 g/mol. The Labute approximate surface area is 142 Å². The van der Waals surface area contributed by atoms with Crippen LogP contribution in [0.4, 0.5) is 10.1 Å². The maximum Gasteiger partial charge on any atom is 0.262 e. The van der Waals surface area contributed by atoms with E-state index < -0.39 is 35.5 Å². The minimum Gasteiger partial charge on any atom is -0.382 e. The van der Waals surface area contributed by atoms with Gasteiger partial charge in [0.2, 0.25) is 11.8 Å². The number of benzene rings is 1. The number of terminal acetylenes is 1. The molecular formula is C17H14FN3O4. The minimum atomic E-state index is -1.08. The molecule has 7 nitrogen and oxygen atoms in total. The van der Waals surface area contributed by atoms with E-state index in [1.54, 1.807) is 0 Å². The Balaban J connectivity index is 1.90. The number of halogens is 1. The van der Waals surface area contributed by atoms with Gasteiger partial charge in [0.05, 0.1) is 16.8 Å². The Morgan fingerprint density at radius 1 is 1.24 bits per heavy atom. The van der Waals surface area contributed by atoms with E-state index in [2.05, 4.69) is 16.6 Å². The van der Waals surface area contributed by atoms with Gasteiger partial charge in [0, 0.05) is 19.4 Å². The Hall–Kier alpha value is -3.21. The first-order chi connectivity index (χ1) is 11.9. The number of hydrogen-bond donors (Lipinski definition) is 2. The van der Waals surface area contributed by atoms with Crippen LogP contribution in [0.1, 0.15) is 40.0 Å². The monoisotopic (exact) mass is 343 g/mol. The van der Waals surface area contributed by atoms with E-state index in [-0.39, 0.29) is 29.7 Å². The van der Waals surface area contributed by atoms with Crippen LogP contribution >= 0.6 is 0 Å². The number of rotatable bonds is 4. The van der Waals surface area contributed by atoms with Gasteiger partial charge in [0.1, 0.15) is 11.9 Å². The molecule has 1 fully saturated rings. The number of carbonyl (C=O) groups excluding carboxylic acids is 4. The van der Waals surface area contributed by atoms with Crippen molar-refractivity contribution in [2.45, 2.75) is 25.3 Å². The van der Waals surface area contributed by atoms with Crippen molar-refractivity contribution in [2.24, 2.45) is 0 Å². The molecule has 128 valence electrons. The molecular weight excluding hydrogens is 329 g/mol.